The maximum atomic E-state index is 5.50. The molecular formula is C18H33IN4O. The van der Waals surface area contributed by atoms with Crippen LogP contribution in [0.2, 0.25) is 0 Å². The van der Waals surface area contributed by atoms with Gasteiger partial charge in [-0.1, -0.05) is 18.2 Å². The summed E-state index contributed by atoms with van der Waals surface area (Å²) in [4.78, 5) is 6.94. The van der Waals surface area contributed by atoms with E-state index >= 15 is 0 Å². The third-order valence-electron chi connectivity index (χ3n) is 3.38. The highest BCUT2D eigenvalue weighted by atomic mass is 127. The molecule has 6 heteroatoms. The van der Waals surface area contributed by atoms with Gasteiger partial charge in [-0.2, -0.15) is 0 Å². The molecule has 0 bridgehead atoms. The zero-order valence-corrected chi connectivity index (χ0v) is 18.3. The number of rotatable bonds is 6. The summed E-state index contributed by atoms with van der Waals surface area (Å²) in [6, 6.07) is 8.28. The predicted molar refractivity (Wildman–Crippen MR) is 114 cm³/mol. The number of aliphatic imine (C=N–C) groups is 1. The van der Waals surface area contributed by atoms with Crippen LogP contribution < -0.4 is 15.4 Å². The number of likely N-dealkylation sites (N-methyl/N-ethyl adjacent to an activating group) is 1. The molecule has 1 unspecified atom stereocenters. The minimum absolute atomic E-state index is 0. The molecule has 0 radical (unpaired) electrons. The maximum absolute atomic E-state index is 5.50. The quantitative estimate of drug-likeness (QED) is 0.399. The summed E-state index contributed by atoms with van der Waals surface area (Å²) >= 11 is 0. The van der Waals surface area contributed by atoms with E-state index in [0.29, 0.717) is 6.54 Å². The minimum Gasteiger partial charge on any atom is -0.496 e. The van der Waals surface area contributed by atoms with Gasteiger partial charge >= 0.3 is 0 Å². The normalized spacial score (nSPS) is 13.2. The Morgan fingerprint density at radius 1 is 1.25 bits per heavy atom. The zero-order valence-electron chi connectivity index (χ0n) is 16.0. The van der Waals surface area contributed by atoms with Crippen LogP contribution in [-0.2, 0) is 0 Å². The van der Waals surface area contributed by atoms with E-state index in [1.165, 1.54) is 0 Å². The lowest BCUT2D eigenvalue weighted by Crippen LogP contribution is -2.47. The van der Waals surface area contributed by atoms with E-state index in [1.807, 2.05) is 18.2 Å². The van der Waals surface area contributed by atoms with Crippen molar-refractivity contribution in [3.63, 3.8) is 0 Å². The Hall–Kier alpha value is -1.02. The van der Waals surface area contributed by atoms with Gasteiger partial charge in [-0.3, -0.25) is 4.99 Å². The van der Waals surface area contributed by atoms with Gasteiger partial charge < -0.3 is 20.3 Å². The number of ether oxygens (including phenoxy) is 1. The molecule has 0 heterocycles. The molecule has 2 N–H and O–H groups in total. The number of methoxy groups -OCH3 is 1. The average molecular weight is 448 g/mol. The molecule has 0 saturated heterocycles. The zero-order chi connectivity index (χ0) is 17.5. The van der Waals surface area contributed by atoms with Crippen LogP contribution in [0, 0.1) is 0 Å². The lowest BCUT2D eigenvalue weighted by molar-refractivity contribution is 0.295. The molecule has 0 fully saturated rings. The van der Waals surface area contributed by atoms with Crippen molar-refractivity contribution in [3.05, 3.63) is 29.8 Å². The molecular weight excluding hydrogens is 415 g/mol. The maximum Gasteiger partial charge on any atom is 0.191 e. The van der Waals surface area contributed by atoms with E-state index in [4.69, 9.17) is 9.73 Å². The van der Waals surface area contributed by atoms with Crippen molar-refractivity contribution in [2.45, 2.75) is 39.3 Å². The standard InChI is InChI=1S/C18H32N4O.HI/c1-8-19-17(21-18(2,3)4)20-13-15(22(5)6)14-11-9-10-12-16(14)23-7;/h9-12,15H,8,13H2,1-7H3,(H2,19,20,21);1H. The molecule has 0 aliphatic rings. The number of nitrogens with zero attached hydrogens (tertiary/aromatic N) is 2. The Kier molecular flexibility index (Phi) is 10.3. The summed E-state index contributed by atoms with van der Waals surface area (Å²) in [6.45, 7) is 9.95. The average Bonchev–Trinajstić information content (AvgIpc) is 2.46. The lowest BCUT2D eigenvalue weighted by Gasteiger charge is -2.27. The molecule has 1 aromatic rings. The fourth-order valence-electron chi connectivity index (χ4n) is 2.32. The van der Waals surface area contributed by atoms with Crippen molar-refractivity contribution >= 4 is 29.9 Å². The largest absolute Gasteiger partial charge is 0.496 e. The van der Waals surface area contributed by atoms with Gasteiger partial charge in [0, 0.05) is 17.6 Å². The highest BCUT2D eigenvalue weighted by molar-refractivity contribution is 14.0. The van der Waals surface area contributed by atoms with Crippen LogP contribution in [0.4, 0.5) is 0 Å². The molecule has 0 aromatic heterocycles. The van der Waals surface area contributed by atoms with Gasteiger partial charge in [0.2, 0.25) is 0 Å². The number of guanidine groups is 1. The first-order chi connectivity index (χ1) is 10.8. The van der Waals surface area contributed by atoms with E-state index in [2.05, 4.69) is 63.4 Å². The van der Waals surface area contributed by atoms with Crippen molar-refractivity contribution in [3.8, 4) is 5.75 Å². The molecule has 1 aromatic carbocycles. The Labute approximate surface area is 164 Å². The number of para-hydroxylation sites is 1. The van der Waals surface area contributed by atoms with Crippen LogP contribution >= 0.6 is 24.0 Å². The minimum atomic E-state index is -0.0287. The molecule has 0 saturated carbocycles. The van der Waals surface area contributed by atoms with Gasteiger partial charge in [0.05, 0.1) is 19.7 Å². The number of nitrogens with one attached hydrogen (secondary N) is 2. The molecule has 138 valence electrons. The van der Waals surface area contributed by atoms with Gasteiger partial charge in [-0.15, -0.1) is 24.0 Å². The van der Waals surface area contributed by atoms with Crippen LogP contribution in [0.1, 0.15) is 39.3 Å². The van der Waals surface area contributed by atoms with Gasteiger partial charge in [0.1, 0.15) is 5.75 Å². The lowest BCUT2D eigenvalue weighted by atomic mass is 10.0. The summed E-state index contributed by atoms with van der Waals surface area (Å²) in [5.74, 6) is 1.73. The summed E-state index contributed by atoms with van der Waals surface area (Å²) in [6.07, 6.45) is 0. The Morgan fingerprint density at radius 2 is 1.88 bits per heavy atom. The van der Waals surface area contributed by atoms with Crippen molar-refractivity contribution < 1.29 is 4.74 Å². The molecule has 24 heavy (non-hydrogen) atoms. The second-order valence-electron chi connectivity index (χ2n) is 6.82. The van der Waals surface area contributed by atoms with E-state index in [1.54, 1.807) is 7.11 Å². The fraction of sp³-hybridized carbons (Fsp3) is 0.611. The first-order valence-corrected chi connectivity index (χ1v) is 8.14. The van der Waals surface area contributed by atoms with Crippen LogP contribution in [-0.4, -0.2) is 50.7 Å². The van der Waals surface area contributed by atoms with Crippen molar-refractivity contribution in [1.29, 1.82) is 0 Å². The molecule has 0 aliphatic carbocycles. The van der Waals surface area contributed by atoms with E-state index in [0.717, 1.165) is 23.8 Å². The van der Waals surface area contributed by atoms with Crippen molar-refractivity contribution in [1.82, 2.24) is 15.5 Å². The van der Waals surface area contributed by atoms with E-state index in [-0.39, 0.29) is 35.6 Å². The second kappa shape index (κ2) is 10.8. The molecule has 0 spiro atoms. The third-order valence-corrected chi connectivity index (χ3v) is 3.38. The van der Waals surface area contributed by atoms with Crippen LogP contribution in [0.5, 0.6) is 5.75 Å². The Balaban J connectivity index is 0.00000529. The number of hydrogen-bond acceptors (Lipinski definition) is 3. The van der Waals surface area contributed by atoms with Crippen molar-refractivity contribution in [2.75, 3.05) is 34.3 Å². The van der Waals surface area contributed by atoms with Gasteiger partial charge in [-0.25, -0.2) is 0 Å². The molecule has 0 amide bonds. The topological polar surface area (TPSA) is 48.9 Å². The Bertz CT molecular complexity index is 512. The monoisotopic (exact) mass is 448 g/mol. The highest BCUT2D eigenvalue weighted by Gasteiger charge is 2.19. The van der Waals surface area contributed by atoms with Crippen LogP contribution in [0.25, 0.3) is 0 Å². The van der Waals surface area contributed by atoms with Gasteiger partial charge in [0.15, 0.2) is 5.96 Å². The molecule has 0 aliphatic heterocycles. The smallest absolute Gasteiger partial charge is 0.191 e. The Morgan fingerprint density at radius 3 is 2.38 bits per heavy atom. The fourth-order valence-corrected chi connectivity index (χ4v) is 2.32. The second-order valence-corrected chi connectivity index (χ2v) is 6.82. The summed E-state index contributed by atoms with van der Waals surface area (Å²) in [5, 5.41) is 6.72. The van der Waals surface area contributed by atoms with Gasteiger partial charge in [0.25, 0.3) is 0 Å². The molecule has 1 rings (SSSR count). The summed E-state index contributed by atoms with van der Waals surface area (Å²) < 4.78 is 5.50. The molecule has 5 nitrogen and oxygen atoms in total. The van der Waals surface area contributed by atoms with Crippen LogP contribution in [0.3, 0.4) is 0 Å². The predicted octanol–water partition coefficient (Wildman–Crippen LogP) is 3.27. The summed E-state index contributed by atoms with van der Waals surface area (Å²) in [5.41, 5.74) is 1.12. The van der Waals surface area contributed by atoms with Gasteiger partial charge in [-0.05, 0) is 47.9 Å². The summed E-state index contributed by atoms with van der Waals surface area (Å²) in [7, 11) is 5.84. The third kappa shape index (κ3) is 7.70. The van der Waals surface area contributed by atoms with E-state index in [9.17, 15) is 0 Å². The number of benzene rings is 1. The number of halogens is 1. The van der Waals surface area contributed by atoms with E-state index < -0.39 is 0 Å². The number of hydrogen-bond donors (Lipinski definition) is 2. The van der Waals surface area contributed by atoms with Crippen LogP contribution in [0.15, 0.2) is 29.3 Å². The van der Waals surface area contributed by atoms with Crippen molar-refractivity contribution in [2.24, 2.45) is 4.99 Å². The first kappa shape index (κ1) is 23.0. The SMILES string of the molecule is CCNC(=NCC(c1ccccc1OC)N(C)C)NC(C)(C)C.I. The molecule has 1 atom stereocenters. The first-order valence-electron chi connectivity index (χ1n) is 8.14. The highest BCUT2D eigenvalue weighted by Crippen LogP contribution is 2.28.